The van der Waals surface area contributed by atoms with E-state index in [9.17, 15) is 0 Å². The second kappa shape index (κ2) is 7.95. The summed E-state index contributed by atoms with van der Waals surface area (Å²) in [5.74, 6) is 2.05. The van der Waals surface area contributed by atoms with Crippen molar-refractivity contribution < 1.29 is 0 Å². The quantitative estimate of drug-likeness (QED) is 0.277. The Bertz CT molecular complexity index is 1550. The van der Waals surface area contributed by atoms with E-state index in [2.05, 4.69) is 55.5 Å². The van der Waals surface area contributed by atoms with E-state index in [-0.39, 0.29) is 0 Å². The first-order valence-corrected chi connectivity index (χ1v) is 11.1. The number of aromatic nitrogens is 3. The minimum atomic E-state index is 0.677. The van der Waals surface area contributed by atoms with Gasteiger partial charge in [0.25, 0.3) is 0 Å². The molecule has 6 rings (SSSR count). The second-order valence-electron chi connectivity index (χ2n) is 8.13. The van der Waals surface area contributed by atoms with Crippen LogP contribution in [0.5, 0.6) is 0 Å². The molecule has 6 aromatic rings. The first-order chi connectivity index (χ1) is 16.3. The van der Waals surface area contributed by atoms with E-state index in [4.69, 9.17) is 15.0 Å². The van der Waals surface area contributed by atoms with Crippen molar-refractivity contribution in [1.29, 1.82) is 0 Å². The normalized spacial score (nSPS) is 11.2. The molecule has 156 valence electrons. The lowest BCUT2D eigenvalue weighted by molar-refractivity contribution is 1.07. The van der Waals surface area contributed by atoms with Crippen molar-refractivity contribution in [1.82, 2.24) is 15.0 Å². The van der Waals surface area contributed by atoms with Crippen molar-refractivity contribution in [3.8, 4) is 34.2 Å². The first-order valence-electron chi connectivity index (χ1n) is 11.1. The molecule has 0 saturated heterocycles. The molecule has 0 aliphatic heterocycles. The number of aryl methyl sites for hydroxylation is 1. The minimum absolute atomic E-state index is 0.677. The van der Waals surface area contributed by atoms with Crippen molar-refractivity contribution in [2.45, 2.75) is 6.92 Å². The van der Waals surface area contributed by atoms with Gasteiger partial charge in [-0.1, -0.05) is 109 Å². The van der Waals surface area contributed by atoms with Crippen LogP contribution in [0.2, 0.25) is 0 Å². The summed E-state index contributed by atoms with van der Waals surface area (Å²) in [5, 5.41) is 4.82. The van der Waals surface area contributed by atoms with Crippen LogP contribution in [0.4, 0.5) is 0 Å². The van der Waals surface area contributed by atoms with Crippen LogP contribution in [0.3, 0.4) is 0 Å². The number of hydrogen-bond donors (Lipinski definition) is 0. The van der Waals surface area contributed by atoms with Gasteiger partial charge >= 0.3 is 0 Å². The SMILES string of the molecule is Cc1c(-c2nc(-c3ccccc3)nc(-c3ccccc3)n2)c2ccccc2c2ccccc12. The summed E-state index contributed by atoms with van der Waals surface area (Å²) in [6.45, 7) is 2.16. The van der Waals surface area contributed by atoms with Gasteiger partial charge in [0.1, 0.15) is 0 Å². The van der Waals surface area contributed by atoms with E-state index in [0.29, 0.717) is 17.5 Å². The van der Waals surface area contributed by atoms with Crippen LogP contribution in [-0.2, 0) is 0 Å². The highest BCUT2D eigenvalue weighted by Crippen LogP contribution is 2.38. The summed E-state index contributed by atoms with van der Waals surface area (Å²) < 4.78 is 0. The molecular formula is C30H21N3. The summed E-state index contributed by atoms with van der Waals surface area (Å²) in [6, 6.07) is 37.3. The van der Waals surface area contributed by atoms with Crippen molar-refractivity contribution in [3.63, 3.8) is 0 Å². The molecule has 0 atom stereocenters. The highest BCUT2D eigenvalue weighted by Gasteiger charge is 2.18. The molecule has 0 spiro atoms. The van der Waals surface area contributed by atoms with Crippen LogP contribution < -0.4 is 0 Å². The van der Waals surface area contributed by atoms with Gasteiger partial charge in [-0.15, -0.1) is 0 Å². The monoisotopic (exact) mass is 423 g/mol. The predicted molar refractivity (Wildman–Crippen MR) is 136 cm³/mol. The molecule has 3 nitrogen and oxygen atoms in total. The lowest BCUT2D eigenvalue weighted by Crippen LogP contribution is -2.02. The topological polar surface area (TPSA) is 38.7 Å². The minimum Gasteiger partial charge on any atom is -0.208 e. The molecule has 33 heavy (non-hydrogen) atoms. The summed E-state index contributed by atoms with van der Waals surface area (Å²) in [4.78, 5) is 14.8. The Morgan fingerprint density at radius 2 is 0.788 bits per heavy atom. The fraction of sp³-hybridized carbons (Fsp3) is 0.0333. The van der Waals surface area contributed by atoms with Gasteiger partial charge in [-0.25, -0.2) is 15.0 Å². The van der Waals surface area contributed by atoms with Gasteiger partial charge in [-0.05, 0) is 34.0 Å². The van der Waals surface area contributed by atoms with Gasteiger partial charge < -0.3 is 0 Å². The number of rotatable bonds is 3. The molecule has 0 unspecified atom stereocenters. The van der Waals surface area contributed by atoms with Crippen LogP contribution in [0, 0.1) is 6.92 Å². The number of fused-ring (bicyclic) bond motifs is 3. The molecule has 0 saturated carbocycles. The van der Waals surface area contributed by atoms with Crippen molar-refractivity contribution in [3.05, 3.63) is 115 Å². The maximum absolute atomic E-state index is 4.99. The smallest absolute Gasteiger partial charge is 0.165 e. The summed E-state index contributed by atoms with van der Waals surface area (Å²) in [5.41, 5.74) is 4.18. The number of nitrogens with zero attached hydrogens (tertiary/aromatic N) is 3. The Morgan fingerprint density at radius 1 is 0.394 bits per heavy atom. The predicted octanol–water partition coefficient (Wildman–Crippen LogP) is 7.49. The molecule has 0 N–H and O–H groups in total. The van der Waals surface area contributed by atoms with Crippen LogP contribution in [0.15, 0.2) is 109 Å². The molecule has 0 amide bonds. The third-order valence-electron chi connectivity index (χ3n) is 6.12. The number of benzene rings is 5. The fourth-order valence-electron chi connectivity index (χ4n) is 4.53. The maximum Gasteiger partial charge on any atom is 0.165 e. The molecule has 5 aromatic carbocycles. The van der Waals surface area contributed by atoms with Gasteiger partial charge in [0.2, 0.25) is 0 Å². The third kappa shape index (κ3) is 3.35. The van der Waals surface area contributed by atoms with Gasteiger partial charge in [0.05, 0.1) is 0 Å². The van der Waals surface area contributed by atoms with E-state index in [1.165, 1.54) is 21.7 Å². The summed E-state index contributed by atoms with van der Waals surface area (Å²) >= 11 is 0. The van der Waals surface area contributed by atoms with E-state index in [0.717, 1.165) is 22.1 Å². The summed E-state index contributed by atoms with van der Waals surface area (Å²) in [7, 11) is 0. The number of hydrogen-bond acceptors (Lipinski definition) is 3. The zero-order valence-corrected chi connectivity index (χ0v) is 18.2. The Kier molecular flexibility index (Phi) is 4.66. The van der Waals surface area contributed by atoms with Crippen LogP contribution in [0.25, 0.3) is 55.7 Å². The maximum atomic E-state index is 4.99. The van der Waals surface area contributed by atoms with Crippen LogP contribution in [0.1, 0.15) is 5.56 Å². The van der Waals surface area contributed by atoms with E-state index < -0.39 is 0 Å². The Hall–Kier alpha value is -4.37. The molecule has 0 bridgehead atoms. The average Bonchev–Trinajstić information content (AvgIpc) is 2.90. The van der Waals surface area contributed by atoms with Crippen LogP contribution >= 0.6 is 0 Å². The standard InChI is InChI=1S/C30H21N3/c1-20-23-16-8-9-17-24(23)25-18-10-11-19-26(25)27(20)30-32-28(21-12-4-2-5-13-21)31-29(33-30)22-14-6-3-7-15-22/h2-19H,1H3. The van der Waals surface area contributed by atoms with E-state index in [1.807, 2.05) is 60.7 Å². The van der Waals surface area contributed by atoms with Crippen LogP contribution in [-0.4, -0.2) is 15.0 Å². The van der Waals surface area contributed by atoms with Gasteiger partial charge in [-0.3, -0.25) is 0 Å². The molecule has 0 aliphatic carbocycles. The van der Waals surface area contributed by atoms with Gasteiger partial charge in [0.15, 0.2) is 17.5 Å². The highest BCUT2D eigenvalue weighted by atomic mass is 15.0. The lowest BCUT2D eigenvalue weighted by Gasteiger charge is -2.15. The Morgan fingerprint density at radius 3 is 1.33 bits per heavy atom. The molecule has 3 heteroatoms. The van der Waals surface area contributed by atoms with Crippen molar-refractivity contribution in [2.75, 3.05) is 0 Å². The molecule has 1 heterocycles. The first kappa shape index (κ1) is 19.3. The highest BCUT2D eigenvalue weighted by molar-refractivity contribution is 6.15. The molecule has 0 fully saturated rings. The summed E-state index contributed by atoms with van der Waals surface area (Å²) in [6.07, 6.45) is 0. The lowest BCUT2D eigenvalue weighted by atomic mass is 9.92. The molecule has 0 radical (unpaired) electrons. The van der Waals surface area contributed by atoms with E-state index in [1.54, 1.807) is 0 Å². The zero-order chi connectivity index (χ0) is 22.2. The fourth-order valence-corrected chi connectivity index (χ4v) is 4.53. The van der Waals surface area contributed by atoms with Crippen molar-refractivity contribution in [2.24, 2.45) is 0 Å². The van der Waals surface area contributed by atoms with Gasteiger partial charge in [0, 0.05) is 16.7 Å². The largest absolute Gasteiger partial charge is 0.208 e. The average molecular weight is 424 g/mol. The molecule has 0 aliphatic rings. The van der Waals surface area contributed by atoms with Gasteiger partial charge in [-0.2, -0.15) is 0 Å². The molecular weight excluding hydrogens is 402 g/mol. The third-order valence-corrected chi connectivity index (χ3v) is 6.12. The zero-order valence-electron chi connectivity index (χ0n) is 18.2. The van der Waals surface area contributed by atoms with Crippen molar-refractivity contribution >= 4 is 21.5 Å². The second-order valence-corrected chi connectivity index (χ2v) is 8.13. The molecule has 1 aromatic heterocycles. The van der Waals surface area contributed by atoms with E-state index >= 15 is 0 Å². The Labute approximate surface area is 192 Å². The Balaban J connectivity index is 1.71.